The molecule has 2 nitrogen and oxygen atoms in total. The standard InChI is InChI=1S/C20H16O2/c21-20(16-11-5-2-6-12-16)17-13-7-8-14-18(17)22-19(20)15-9-3-1-4-10-15/h1-14,19,21H/t19-,20-/m1/s1. The molecule has 0 bridgehead atoms. The zero-order valence-electron chi connectivity index (χ0n) is 12.0. The first kappa shape index (κ1) is 13.1. The van der Waals surface area contributed by atoms with Gasteiger partial charge in [-0.2, -0.15) is 0 Å². The van der Waals surface area contributed by atoms with Gasteiger partial charge in [0.25, 0.3) is 0 Å². The Morgan fingerprint density at radius 3 is 2.05 bits per heavy atom. The summed E-state index contributed by atoms with van der Waals surface area (Å²) < 4.78 is 6.11. The zero-order valence-corrected chi connectivity index (χ0v) is 12.0. The van der Waals surface area contributed by atoms with E-state index in [0.29, 0.717) is 0 Å². The fraction of sp³-hybridized carbons (Fsp3) is 0.100. The van der Waals surface area contributed by atoms with Crippen LogP contribution in [-0.4, -0.2) is 5.11 Å². The number of hydrogen-bond acceptors (Lipinski definition) is 2. The highest BCUT2D eigenvalue weighted by atomic mass is 16.5. The maximum atomic E-state index is 11.6. The summed E-state index contributed by atoms with van der Waals surface area (Å²) in [7, 11) is 0. The highest BCUT2D eigenvalue weighted by molar-refractivity contribution is 5.51. The fourth-order valence-corrected chi connectivity index (χ4v) is 3.17. The smallest absolute Gasteiger partial charge is 0.161 e. The minimum atomic E-state index is -1.18. The normalized spacial score (nSPS) is 22.9. The van der Waals surface area contributed by atoms with E-state index in [4.69, 9.17) is 4.74 Å². The number of ether oxygens (including phenoxy) is 1. The molecule has 3 aromatic rings. The Kier molecular flexibility index (Phi) is 2.98. The molecule has 0 saturated heterocycles. The van der Waals surface area contributed by atoms with E-state index in [0.717, 1.165) is 22.4 Å². The van der Waals surface area contributed by atoms with Gasteiger partial charge in [-0.05, 0) is 17.2 Å². The molecule has 22 heavy (non-hydrogen) atoms. The Balaban J connectivity index is 1.94. The van der Waals surface area contributed by atoms with Gasteiger partial charge in [0, 0.05) is 5.56 Å². The van der Waals surface area contributed by atoms with Crippen molar-refractivity contribution in [3.05, 3.63) is 102 Å². The van der Waals surface area contributed by atoms with Crippen LogP contribution in [0.1, 0.15) is 22.8 Å². The van der Waals surface area contributed by atoms with Crippen LogP contribution in [0.25, 0.3) is 0 Å². The average molecular weight is 288 g/mol. The third-order valence-electron chi connectivity index (χ3n) is 4.24. The molecule has 0 fully saturated rings. The Morgan fingerprint density at radius 1 is 0.727 bits per heavy atom. The molecule has 2 heteroatoms. The molecule has 1 heterocycles. The maximum absolute atomic E-state index is 11.6. The predicted molar refractivity (Wildman–Crippen MR) is 85.7 cm³/mol. The second-order valence-corrected chi connectivity index (χ2v) is 5.54. The number of fused-ring (bicyclic) bond motifs is 1. The van der Waals surface area contributed by atoms with Crippen LogP contribution >= 0.6 is 0 Å². The Bertz CT molecular complexity index is 783. The lowest BCUT2D eigenvalue weighted by molar-refractivity contribution is -0.00725. The molecular formula is C20H16O2. The van der Waals surface area contributed by atoms with Crippen LogP contribution in [0, 0.1) is 0 Å². The summed E-state index contributed by atoms with van der Waals surface area (Å²) in [6, 6.07) is 27.3. The van der Waals surface area contributed by atoms with E-state index in [-0.39, 0.29) is 0 Å². The largest absolute Gasteiger partial charge is 0.482 e. The van der Waals surface area contributed by atoms with Gasteiger partial charge in [0.1, 0.15) is 5.75 Å². The van der Waals surface area contributed by atoms with Crippen molar-refractivity contribution in [1.29, 1.82) is 0 Å². The minimum Gasteiger partial charge on any atom is -0.482 e. The summed E-state index contributed by atoms with van der Waals surface area (Å²) in [5, 5.41) is 11.6. The molecule has 108 valence electrons. The molecule has 0 amide bonds. The molecule has 0 radical (unpaired) electrons. The quantitative estimate of drug-likeness (QED) is 0.770. The van der Waals surface area contributed by atoms with E-state index in [9.17, 15) is 5.11 Å². The Morgan fingerprint density at radius 2 is 1.32 bits per heavy atom. The molecule has 0 spiro atoms. The average Bonchev–Trinajstić information content (AvgIpc) is 2.91. The van der Waals surface area contributed by atoms with Crippen LogP contribution in [0.2, 0.25) is 0 Å². The summed E-state index contributed by atoms with van der Waals surface area (Å²) >= 11 is 0. The second kappa shape index (κ2) is 5.00. The molecule has 3 aromatic carbocycles. The summed E-state index contributed by atoms with van der Waals surface area (Å²) in [4.78, 5) is 0. The lowest BCUT2D eigenvalue weighted by Crippen LogP contribution is -2.32. The van der Waals surface area contributed by atoms with Crippen molar-refractivity contribution in [2.24, 2.45) is 0 Å². The zero-order chi connectivity index (χ0) is 15.0. The Hall–Kier alpha value is -2.58. The lowest BCUT2D eigenvalue weighted by atomic mass is 9.80. The van der Waals surface area contributed by atoms with Gasteiger partial charge in [-0.1, -0.05) is 78.9 Å². The Labute approximate surface area is 129 Å². The SMILES string of the molecule is O[C@]1(c2ccccc2)c2ccccc2O[C@@H]1c1ccccc1. The highest BCUT2D eigenvalue weighted by Gasteiger charge is 2.49. The third-order valence-corrected chi connectivity index (χ3v) is 4.24. The molecule has 0 saturated carbocycles. The molecule has 0 unspecified atom stereocenters. The molecule has 4 rings (SSSR count). The van der Waals surface area contributed by atoms with Crippen LogP contribution in [-0.2, 0) is 5.60 Å². The van der Waals surface area contributed by atoms with Gasteiger partial charge in [-0.25, -0.2) is 0 Å². The van der Waals surface area contributed by atoms with E-state index in [1.807, 2.05) is 84.9 Å². The van der Waals surface area contributed by atoms with E-state index in [1.165, 1.54) is 0 Å². The van der Waals surface area contributed by atoms with Crippen molar-refractivity contribution in [2.45, 2.75) is 11.7 Å². The summed E-state index contributed by atoms with van der Waals surface area (Å²) in [5.74, 6) is 0.739. The van der Waals surface area contributed by atoms with E-state index in [1.54, 1.807) is 0 Å². The number of aliphatic hydroxyl groups is 1. The first-order valence-electron chi connectivity index (χ1n) is 7.39. The summed E-state index contributed by atoms with van der Waals surface area (Å²) in [6.07, 6.45) is -0.450. The van der Waals surface area contributed by atoms with Crippen LogP contribution in [0.3, 0.4) is 0 Å². The lowest BCUT2D eigenvalue weighted by Gasteiger charge is -2.30. The number of rotatable bonds is 2. The van der Waals surface area contributed by atoms with Crippen molar-refractivity contribution >= 4 is 0 Å². The van der Waals surface area contributed by atoms with Gasteiger partial charge in [0.05, 0.1) is 0 Å². The number of hydrogen-bond donors (Lipinski definition) is 1. The van der Waals surface area contributed by atoms with Crippen molar-refractivity contribution in [3.63, 3.8) is 0 Å². The molecule has 0 aromatic heterocycles. The molecule has 2 atom stereocenters. The predicted octanol–water partition coefficient (Wildman–Crippen LogP) is 4.06. The third kappa shape index (κ3) is 1.85. The topological polar surface area (TPSA) is 29.5 Å². The van der Waals surface area contributed by atoms with Crippen LogP contribution in [0.5, 0.6) is 5.75 Å². The van der Waals surface area contributed by atoms with Gasteiger partial charge in [0.2, 0.25) is 0 Å². The van der Waals surface area contributed by atoms with Gasteiger partial charge < -0.3 is 9.84 Å². The highest BCUT2D eigenvalue weighted by Crippen LogP contribution is 2.52. The van der Waals surface area contributed by atoms with Gasteiger partial charge >= 0.3 is 0 Å². The number of benzene rings is 3. The molecule has 1 aliphatic rings. The van der Waals surface area contributed by atoms with E-state index in [2.05, 4.69) is 0 Å². The van der Waals surface area contributed by atoms with E-state index >= 15 is 0 Å². The minimum absolute atomic E-state index is 0.450. The van der Waals surface area contributed by atoms with Gasteiger partial charge in [0.15, 0.2) is 11.7 Å². The van der Waals surface area contributed by atoms with E-state index < -0.39 is 11.7 Å². The van der Waals surface area contributed by atoms with Crippen LogP contribution in [0.15, 0.2) is 84.9 Å². The monoisotopic (exact) mass is 288 g/mol. The first-order chi connectivity index (χ1) is 10.8. The van der Waals surface area contributed by atoms with Crippen LogP contribution < -0.4 is 4.74 Å². The van der Waals surface area contributed by atoms with Crippen molar-refractivity contribution in [1.82, 2.24) is 0 Å². The molecule has 1 aliphatic heterocycles. The molecule has 0 aliphatic carbocycles. The summed E-state index contributed by atoms with van der Waals surface area (Å²) in [5.41, 5.74) is 1.44. The van der Waals surface area contributed by atoms with Gasteiger partial charge in [-0.15, -0.1) is 0 Å². The van der Waals surface area contributed by atoms with Crippen molar-refractivity contribution in [2.75, 3.05) is 0 Å². The summed E-state index contributed by atoms with van der Waals surface area (Å²) in [6.45, 7) is 0. The molecular weight excluding hydrogens is 272 g/mol. The maximum Gasteiger partial charge on any atom is 0.161 e. The van der Waals surface area contributed by atoms with Crippen molar-refractivity contribution < 1.29 is 9.84 Å². The fourth-order valence-electron chi connectivity index (χ4n) is 3.17. The number of para-hydroxylation sites is 1. The first-order valence-corrected chi connectivity index (χ1v) is 7.39. The second-order valence-electron chi connectivity index (χ2n) is 5.54. The molecule has 1 N–H and O–H groups in total. The van der Waals surface area contributed by atoms with Crippen LogP contribution in [0.4, 0.5) is 0 Å². The van der Waals surface area contributed by atoms with Gasteiger partial charge in [-0.3, -0.25) is 0 Å². The van der Waals surface area contributed by atoms with Crippen molar-refractivity contribution in [3.8, 4) is 5.75 Å².